The minimum atomic E-state index is -3.67. The largest absolute Gasteiger partial charge is 0.301 e. The van der Waals surface area contributed by atoms with E-state index in [0.717, 1.165) is 59.2 Å². The van der Waals surface area contributed by atoms with E-state index in [9.17, 15) is 8.42 Å². The van der Waals surface area contributed by atoms with Crippen LogP contribution in [0.3, 0.4) is 0 Å². The lowest BCUT2D eigenvalue weighted by molar-refractivity contribution is 0.131. The highest BCUT2D eigenvalue weighted by atomic mass is 79.9. The first-order chi connectivity index (χ1) is 13.9. The van der Waals surface area contributed by atoms with E-state index in [1.54, 1.807) is 18.3 Å². The van der Waals surface area contributed by atoms with Gasteiger partial charge in [0.1, 0.15) is 0 Å². The summed E-state index contributed by atoms with van der Waals surface area (Å²) in [5.41, 5.74) is 1.67. The molecule has 0 amide bonds. The monoisotopic (exact) mass is 611 g/mol. The van der Waals surface area contributed by atoms with E-state index in [1.807, 2.05) is 30.3 Å². The highest BCUT2D eigenvalue weighted by Crippen LogP contribution is 2.28. The Labute approximate surface area is 212 Å². The number of fused-ring (bicyclic) bond motifs is 1. The van der Waals surface area contributed by atoms with Gasteiger partial charge in [0.2, 0.25) is 0 Å². The van der Waals surface area contributed by atoms with E-state index in [1.165, 1.54) is 3.97 Å². The predicted molar refractivity (Wildman–Crippen MR) is 138 cm³/mol. The van der Waals surface area contributed by atoms with E-state index in [4.69, 9.17) is 0 Å². The average Bonchev–Trinajstić information content (AvgIpc) is 3.14. The number of halogens is 4. The lowest BCUT2D eigenvalue weighted by Gasteiger charge is -2.34. The van der Waals surface area contributed by atoms with Crippen molar-refractivity contribution in [3.05, 3.63) is 63.2 Å². The highest BCUT2D eigenvalue weighted by molar-refractivity contribution is 9.10. The molecule has 0 unspecified atom stereocenters. The summed E-state index contributed by atoms with van der Waals surface area (Å²) in [6.07, 6.45) is 1.62. The van der Waals surface area contributed by atoms with E-state index in [2.05, 4.69) is 48.6 Å². The second kappa shape index (κ2) is 11.0. The first-order valence-electron chi connectivity index (χ1n) is 9.64. The van der Waals surface area contributed by atoms with Crippen molar-refractivity contribution in [3.8, 4) is 0 Å². The van der Waals surface area contributed by atoms with E-state index in [-0.39, 0.29) is 24.8 Å². The number of hydrogen-bond donors (Lipinski definition) is 0. The van der Waals surface area contributed by atoms with Crippen molar-refractivity contribution in [1.82, 2.24) is 13.8 Å². The lowest BCUT2D eigenvalue weighted by atomic mass is 10.2. The van der Waals surface area contributed by atoms with Gasteiger partial charge in [-0.05, 0) is 54.6 Å². The summed E-state index contributed by atoms with van der Waals surface area (Å²) in [6, 6.07) is 12.7. The Kier molecular flexibility index (Phi) is 9.46. The van der Waals surface area contributed by atoms with Gasteiger partial charge in [0, 0.05) is 53.3 Å². The molecule has 0 atom stereocenters. The summed E-state index contributed by atoms with van der Waals surface area (Å²) in [5, 5.41) is 0.883. The van der Waals surface area contributed by atoms with Crippen molar-refractivity contribution in [2.75, 3.05) is 32.7 Å². The SMILES string of the molecule is CCN1CCN(Cc2cc(S(=O)(=O)n3ccc4cc(Br)ccc43)ccc2Br)CC1.Cl.Cl. The zero-order valence-corrected chi connectivity index (χ0v) is 22.6. The van der Waals surface area contributed by atoms with Crippen molar-refractivity contribution < 1.29 is 8.42 Å². The molecule has 31 heavy (non-hydrogen) atoms. The molecule has 0 N–H and O–H groups in total. The molecule has 0 aliphatic carbocycles. The lowest BCUT2D eigenvalue weighted by Crippen LogP contribution is -2.45. The number of hydrogen-bond acceptors (Lipinski definition) is 4. The minimum absolute atomic E-state index is 0. The summed E-state index contributed by atoms with van der Waals surface area (Å²) < 4.78 is 29.9. The standard InChI is InChI=1S/C21H23Br2N3O2S.2ClH/c1-2-24-9-11-25(12-10-24)15-17-14-19(4-5-20(17)23)29(27,28)26-8-7-16-13-18(22)3-6-21(16)26;;/h3-8,13-14H,2,9-12,15H2,1H3;2*1H. The quantitative estimate of drug-likeness (QED) is 0.388. The highest BCUT2D eigenvalue weighted by Gasteiger charge is 2.22. The molecule has 2 heterocycles. The van der Waals surface area contributed by atoms with Crippen LogP contribution in [-0.4, -0.2) is 54.9 Å². The van der Waals surface area contributed by atoms with Gasteiger partial charge in [-0.1, -0.05) is 38.8 Å². The molecule has 0 bridgehead atoms. The van der Waals surface area contributed by atoms with Crippen molar-refractivity contribution in [2.45, 2.75) is 18.4 Å². The molecule has 1 aromatic heterocycles. The summed E-state index contributed by atoms with van der Waals surface area (Å²) >= 11 is 7.04. The summed E-state index contributed by atoms with van der Waals surface area (Å²) in [4.78, 5) is 5.12. The van der Waals surface area contributed by atoms with Crippen LogP contribution in [0.25, 0.3) is 10.9 Å². The Morgan fingerprint density at radius 1 is 0.903 bits per heavy atom. The van der Waals surface area contributed by atoms with Crippen LogP contribution in [-0.2, 0) is 16.6 Å². The van der Waals surface area contributed by atoms with Gasteiger partial charge in [-0.2, -0.15) is 0 Å². The number of likely N-dealkylation sites (N-methyl/N-ethyl adjacent to an activating group) is 1. The van der Waals surface area contributed by atoms with Crippen molar-refractivity contribution in [1.29, 1.82) is 0 Å². The third-order valence-corrected chi connectivity index (χ3v) is 8.45. The van der Waals surface area contributed by atoms with Gasteiger partial charge < -0.3 is 4.90 Å². The molecular formula is C21H25Br2Cl2N3O2S. The van der Waals surface area contributed by atoms with E-state index < -0.39 is 10.0 Å². The molecule has 170 valence electrons. The second-order valence-corrected chi connectivity index (χ2v) is 10.9. The van der Waals surface area contributed by atoms with Crippen LogP contribution in [0.1, 0.15) is 12.5 Å². The topological polar surface area (TPSA) is 45.6 Å². The van der Waals surface area contributed by atoms with Gasteiger partial charge in [0.15, 0.2) is 0 Å². The zero-order valence-electron chi connectivity index (χ0n) is 17.0. The normalized spacial score (nSPS) is 15.5. The van der Waals surface area contributed by atoms with Crippen molar-refractivity contribution in [2.24, 2.45) is 0 Å². The molecule has 1 aliphatic rings. The first-order valence-corrected chi connectivity index (χ1v) is 12.7. The van der Waals surface area contributed by atoms with Gasteiger partial charge in [-0.15, -0.1) is 24.8 Å². The van der Waals surface area contributed by atoms with Gasteiger partial charge in [0.25, 0.3) is 10.0 Å². The maximum absolute atomic E-state index is 13.3. The smallest absolute Gasteiger partial charge is 0.268 e. The van der Waals surface area contributed by atoms with Gasteiger partial charge in [-0.25, -0.2) is 12.4 Å². The molecule has 0 saturated carbocycles. The molecule has 4 rings (SSSR count). The Bertz CT molecular complexity index is 1150. The number of nitrogens with zero attached hydrogens (tertiary/aromatic N) is 3. The molecule has 0 radical (unpaired) electrons. The molecule has 1 fully saturated rings. The van der Waals surface area contributed by atoms with Crippen LogP contribution in [0, 0.1) is 0 Å². The Morgan fingerprint density at radius 3 is 2.26 bits per heavy atom. The Hall–Kier alpha value is -0.610. The van der Waals surface area contributed by atoms with Gasteiger partial charge in [0.05, 0.1) is 10.4 Å². The summed E-state index contributed by atoms with van der Waals surface area (Å²) in [5.74, 6) is 0. The third-order valence-electron chi connectivity index (χ3n) is 5.50. The Morgan fingerprint density at radius 2 is 1.58 bits per heavy atom. The van der Waals surface area contributed by atoms with Crippen molar-refractivity contribution in [3.63, 3.8) is 0 Å². The molecule has 2 aromatic carbocycles. The molecule has 1 saturated heterocycles. The minimum Gasteiger partial charge on any atom is -0.301 e. The maximum Gasteiger partial charge on any atom is 0.268 e. The van der Waals surface area contributed by atoms with E-state index >= 15 is 0 Å². The van der Waals surface area contributed by atoms with E-state index in [0.29, 0.717) is 10.4 Å². The van der Waals surface area contributed by atoms with Crippen LogP contribution in [0.2, 0.25) is 0 Å². The molecule has 3 aromatic rings. The number of rotatable bonds is 5. The molecule has 0 spiro atoms. The molecule has 10 heteroatoms. The van der Waals surface area contributed by atoms with Crippen LogP contribution in [0.4, 0.5) is 0 Å². The summed E-state index contributed by atoms with van der Waals surface area (Å²) in [7, 11) is -3.67. The number of aromatic nitrogens is 1. The molecule has 1 aliphatic heterocycles. The fourth-order valence-electron chi connectivity index (χ4n) is 3.75. The Balaban J connectivity index is 0.00000171. The fraction of sp³-hybridized carbons (Fsp3) is 0.333. The van der Waals surface area contributed by atoms with Crippen molar-refractivity contribution >= 4 is 77.6 Å². The molecule has 5 nitrogen and oxygen atoms in total. The predicted octanol–water partition coefficient (Wildman–Crippen LogP) is 5.38. The number of piperazine rings is 1. The average molecular weight is 614 g/mol. The maximum atomic E-state index is 13.3. The number of benzene rings is 2. The van der Waals surface area contributed by atoms with Crippen LogP contribution in [0.5, 0.6) is 0 Å². The van der Waals surface area contributed by atoms with Gasteiger partial charge in [-0.3, -0.25) is 4.90 Å². The van der Waals surface area contributed by atoms with Crippen LogP contribution < -0.4 is 0 Å². The fourth-order valence-corrected chi connectivity index (χ4v) is 5.90. The van der Waals surface area contributed by atoms with Gasteiger partial charge >= 0.3 is 0 Å². The van der Waals surface area contributed by atoms with Crippen LogP contribution in [0.15, 0.2) is 62.5 Å². The second-order valence-electron chi connectivity index (χ2n) is 7.28. The third kappa shape index (κ3) is 5.66. The summed E-state index contributed by atoms with van der Waals surface area (Å²) in [6.45, 7) is 8.09. The van der Waals surface area contributed by atoms with Crippen LogP contribution >= 0.6 is 56.7 Å². The first kappa shape index (κ1) is 26.6. The molecular weight excluding hydrogens is 589 g/mol. The zero-order chi connectivity index (χ0) is 20.6.